The predicted molar refractivity (Wildman–Crippen MR) is 105 cm³/mol. The van der Waals surface area contributed by atoms with Gasteiger partial charge in [-0.25, -0.2) is 0 Å². The maximum absolute atomic E-state index is 12.9. The lowest BCUT2D eigenvalue weighted by molar-refractivity contribution is -0.130. The van der Waals surface area contributed by atoms with E-state index < -0.39 is 5.41 Å². The summed E-state index contributed by atoms with van der Waals surface area (Å²) in [4.78, 5) is 25.0. The fraction of sp³-hybridized carbons (Fsp3) is 0.368. The van der Waals surface area contributed by atoms with Gasteiger partial charge in [0.05, 0.1) is 23.8 Å². The van der Waals surface area contributed by atoms with Crippen LogP contribution in [0.1, 0.15) is 23.2 Å². The van der Waals surface area contributed by atoms with Crippen molar-refractivity contribution in [1.82, 2.24) is 5.32 Å². The van der Waals surface area contributed by atoms with E-state index in [1.807, 2.05) is 0 Å². The topological polar surface area (TPSA) is 92.6 Å². The van der Waals surface area contributed by atoms with Crippen molar-refractivity contribution < 1.29 is 18.7 Å². The molecule has 0 bridgehead atoms. The van der Waals surface area contributed by atoms with E-state index in [0.29, 0.717) is 23.5 Å². The van der Waals surface area contributed by atoms with Crippen LogP contribution in [0.15, 0.2) is 47.3 Å². The van der Waals surface area contributed by atoms with Crippen LogP contribution in [-0.4, -0.2) is 38.6 Å². The van der Waals surface area contributed by atoms with Gasteiger partial charge in [-0.15, -0.1) is 12.4 Å². The van der Waals surface area contributed by atoms with Gasteiger partial charge in [0, 0.05) is 18.5 Å². The molecular weight excluding hydrogens is 370 g/mol. The van der Waals surface area contributed by atoms with Gasteiger partial charge in [-0.2, -0.15) is 0 Å². The Morgan fingerprint density at radius 1 is 1.19 bits per heavy atom. The van der Waals surface area contributed by atoms with E-state index in [9.17, 15) is 9.59 Å². The molecule has 1 fully saturated rings. The molecule has 0 spiro atoms. The number of halogens is 1. The SMILES string of the molecule is COCC1(C(=O)Nc2cccc(NC(=O)c3ccoc3)c2)CCNCC1.Cl. The molecule has 0 saturated carbocycles. The minimum atomic E-state index is -0.532. The quantitative estimate of drug-likeness (QED) is 0.701. The highest BCUT2D eigenvalue weighted by molar-refractivity contribution is 6.04. The molecule has 3 rings (SSSR count). The third kappa shape index (κ3) is 5.09. The minimum Gasteiger partial charge on any atom is -0.472 e. The average Bonchev–Trinajstić information content (AvgIpc) is 3.18. The number of carbonyl (C=O) groups is 2. The number of benzene rings is 1. The summed E-state index contributed by atoms with van der Waals surface area (Å²) in [6.45, 7) is 1.96. The Balaban J connectivity index is 0.00000261. The molecule has 1 aliphatic rings. The maximum Gasteiger partial charge on any atom is 0.258 e. The second-order valence-electron chi connectivity index (χ2n) is 6.46. The number of hydrogen-bond acceptors (Lipinski definition) is 5. The molecule has 27 heavy (non-hydrogen) atoms. The summed E-state index contributed by atoms with van der Waals surface area (Å²) in [6, 6.07) is 8.67. The van der Waals surface area contributed by atoms with Gasteiger partial charge in [-0.05, 0) is 50.2 Å². The number of carbonyl (C=O) groups excluding carboxylic acids is 2. The van der Waals surface area contributed by atoms with Crippen molar-refractivity contribution in [3.63, 3.8) is 0 Å². The lowest BCUT2D eigenvalue weighted by Gasteiger charge is -2.35. The Bertz CT molecular complexity index is 753. The molecule has 1 saturated heterocycles. The van der Waals surface area contributed by atoms with Gasteiger partial charge in [0.2, 0.25) is 5.91 Å². The number of ether oxygens (including phenoxy) is 1. The zero-order valence-corrected chi connectivity index (χ0v) is 15.9. The predicted octanol–water partition coefficient (Wildman–Crippen LogP) is 2.91. The van der Waals surface area contributed by atoms with Crippen LogP contribution in [0, 0.1) is 5.41 Å². The molecule has 0 radical (unpaired) electrons. The Kier molecular flexibility index (Phi) is 7.41. The second-order valence-corrected chi connectivity index (χ2v) is 6.46. The van der Waals surface area contributed by atoms with Crippen LogP contribution in [0.4, 0.5) is 11.4 Å². The summed E-state index contributed by atoms with van der Waals surface area (Å²) in [6.07, 6.45) is 4.28. The normalized spacial score (nSPS) is 15.4. The van der Waals surface area contributed by atoms with Gasteiger partial charge in [-0.1, -0.05) is 6.07 Å². The average molecular weight is 394 g/mol. The van der Waals surface area contributed by atoms with Crippen LogP contribution < -0.4 is 16.0 Å². The van der Waals surface area contributed by atoms with Crippen LogP contribution in [0.5, 0.6) is 0 Å². The Morgan fingerprint density at radius 3 is 2.52 bits per heavy atom. The second kappa shape index (κ2) is 9.55. The van der Waals surface area contributed by atoms with Gasteiger partial charge in [0.1, 0.15) is 6.26 Å². The third-order valence-electron chi connectivity index (χ3n) is 4.62. The van der Waals surface area contributed by atoms with Gasteiger partial charge in [0.25, 0.3) is 5.91 Å². The fourth-order valence-electron chi connectivity index (χ4n) is 3.15. The van der Waals surface area contributed by atoms with E-state index in [1.54, 1.807) is 37.4 Å². The fourth-order valence-corrected chi connectivity index (χ4v) is 3.15. The first-order valence-corrected chi connectivity index (χ1v) is 8.58. The first-order chi connectivity index (χ1) is 12.6. The molecule has 1 aromatic carbocycles. The van der Waals surface area contributed by atoms with Crippen molar-refractivity contribution in [2.45, 2.75) is 12.8 Å². The molecule has 1 aromatic heterocycles. The first kappa shape index (κ1) is 21.0. The molecule has 0 aliphatic carbocycles. The van der Waals surface area contributed by atoms with Gasteiger partial charge >= 0.3 is 0 Å². The molecule has 8 heteroatoms. The van der Waals surface area contributed by atoms with E-state index in [0.717, 1.165) is 25.9 Å². The van der Waals surface area contributed by atoms with E-state index in [2.05, 4.69) is 16.0 Å². The molecule has 3 N–H and O–H groups in total. The number of furan rings is 1. The summed E-state index contributed by atoms with van der Waals surface area (Å²) in [7, 11) is 1.61. The van der Waals surface area contributed by atoms with Crippen molar-refractivity contribution in [3.8, 4) is 0 Å². The third-order valence-corrected chi connectivity index (χ3v) is 4.62. The standard InChI is InChI=1S/C19H23N3O4.ClH/c1-25-13-19(6-8-20-9-7-19)18(24)22-16-4-2-3-15(11-16)21-17(23)14-5-10-26-12-14;/h2-5,10-12,20H,6-9,13H2,1H3,(H,21,23)(H,22,24);1H. The van der Waals surface area contributed by atoms with Crippen molar-refractivity contribution in [2.75, 3.05) is 37.4 Å². The molecule has 1 aliphatic heterocycles. The number of hydrogen-bond donors (Lipinski definition) is 3. The number of amides is 2. The van der Waals surface area contributed by atoms with Crippen LogP contribution in [0.25, 0.3) is 0 Å². The first-order valence-electron chi connectivity index (χ1n) is 8.58. The van der Waals surface area contributed by atoms with Crippen LogP contribution in [-0.2, 0) is 9.53 Å². The molecule has 2 amide bonds. The summed E-state index contributed by atoms with van der Waals surface area (Å²) in [5.41, 5.74) is 1.14. The molecule has 7 nitrogen and oxygen atoms in total. The minimum absolute atomic E-state index is 0. The highest BCUT2D eigenvalue weighted by atomic mass is 35.5. The van der Waals surface area contributed by atoms with E-state index >= 15 is 0 Å². The zero-order chi connectivity index (χ0) is 18.4. The number of methoxy groups -OCH3 is 1. The number of anilines is 2. The Labute approximate surface area is 164 Å². The molecule has 0 atom stereocenters. The van der Waals surface area contributed by atoms with Crippen molar-refractivity contribution in [2.24, 2.45) is 5.41 Å². The summed E-state index contributed by atoms with van der Waals surface area (Å²) >= 11 is 0. The molecule has 2 heterocycles. The lowest BCUT2D eigenvalue weighted by atomic mass is 9.78. The molecule has 146 valence electrons. The maximum atomic E-state index is 12.9. The lowest BCUT2D eigenvalue weighted by Crippen LogP contribution is -2.47. The smallest absolute Gasteiger partial charge is 0.258 e. The van der Waals surface area contributed by atoms with Crippen LogP contribution in [0.3, 0.4) is 0 Å². The Hall–Kier alpha value is -2.35. The number of nitrogens with one attached hydrogen (secondary N) is 3. The Morgan fingerprint density at radius 2 is 1.89 bits per heavy atom. The summed E-state index contributed by atoms with van der Waals surface area (Å²) in [5, 5.41) is 9.03. The zero-order valence-electron chi connectivity index (χ0n) is 15.1. The van der Waals surface area contributed by atoms with Crippen LogP contribution >= 0.6 is 12.4 Å². The summed E-state index contributed by atoms with van der Waals surface area (Å²) < 4.78 is 10.2. The highest BCUT2D eigenvalue weighted by Crippen LogP contribution is 2.31. The molecule has 0 unspecified atom stereocenters. The van der Waals surface area contributed by atoms with Gasteiger partial charge < -0.3 is 25.1 Å². The number of piperidine rings is 1. The molecule has 2 aromatic rings. The van der Waals surface area contributed by atoms with E-state index in [1.165, 1.54) is 12.5 Å². The van der Waals surface area contributed by atoms with Gasteiger partial charge in [0.15, 0.2) is 0 Å². The van der Waals surface area contributed by atoms with Crippen LogP contribution in [0.2, 0.25) is 0 Å². The summed E-state index contributed by atoms with van der Waals surface area (Å²) in [5.74, 6) is -0.324. The van der Waals surface area contributed by atoms with E-state index in [4.69, 9.17) is 9.15 Å². The van der Waals surface area contributed by atoms with E-state index in [-0.39, 0.29) is 24.2 Å². The number of rotatable bonds is 6. The van der Waals surface area contributed by atoms with Crippen molar-refractivity contribution in [3.05, 3.63) is 48.4 Å². The largest absolute Gasteiger partial charge is 0.472 e. The van der Waals surface area contributed by atoms with Gasteiger partial charge in [-0.3, -0.25) is 9.59 Å². The monoisotopic (exact) mass is 393 g/mol. The van der Waals surface area contributed by atoms with Crippen molar-refractivity contribution in [1.29, 1.82) is 0 Å². The molecular formula is C19H24ClN3O4. The highest BCUT2D eigenvalue weighted by Gasteiger charge is 2.39. The van der Waals surface area contributed by atoms with Crippen molar-refractivity contribution >= 4 is 35.6 Å².